The largest absolute Gasteiger partial charge is 0.390 e. The molecule has 0 radical (unpaired) electrons. The molecule has 0 aliphatic carbocycles. The Balaban J connectivity index is 1.46. The number of pyridine rings is 1. The van der Waals surface area contributed by atoms with Gasteiger partial charge in [-0.25, -0.2) is 13.8 Å². The Morgan fingerprint density at radius 3 is 2.57 bits per heavy atom. The lowest BCUT2D eigenvalue weighted by molar-refractivity contribution is 0.0826. The molecule has 0 aliphatic rings. The molecule has 4 rings (SSSR count). The van der Waals surface area contributed by atoms with E-state index in [-0.39, 0.29) is 18.7 Å². The number of carbonyl (C=O) groups excluding carboxylic acids is 1. The van der Waals surface area contributed by atoms with Crippen molar-refractivity contribution >= 4 is 17.2 Å². The summed E-state index contributed by atoms with van der Waals surface area (Å²) < 4.78 is 27.6. The van der Waals surface area contributed by atoms with Crippen LogP contribution in [-0.4, -0.2) is 39.7 Å². The van der Waals surface area contributed by atoms with Crippen LogP contribution in [0.2, 0.25) is 0 Å². The van der Waals surface area contributed by atoms with E-state index < -0.39 is 29.7 Å². The first-order valence-corrected chi connectivity index (χ1v) is 12.9. The first-order valence-electron chi connectivity index (χ1n) is 12.0. The van der Waals surface area contributed by atoms with Crippen molar-refractivity contribution in [3.63, 3.8) is 0 Å². The van der Waals surface area contributed by atoms with Gasteiger partial charge in [0.15, 0.2) is 0 Å². The van der Waals surface area contributed by atoms with Crippen molar-refractivity contribution in [1.82, 2.24) is 20.6 Å². The molecular formula is C28H28F2N4O2S. The van der Waals surface area contributed by atoms with E-state index >= 15 is 0 Å². The minimum atomic E-state index is -1.03. The second kappa shape index (κ2) is 12.6. The van der Waals surface area contributed by atoms with Crippen LogP contribution in [0.3, 0.4) is 0 Å². The van der Waals surface area contributed by atoms with E-state index in [9.17, 15) is 18.7 Å². The lowest BCUT2D eigenvalue weighted by atomic mass is 10.00. The molecule has 2 unspecified atom stereocenters. The van der Waals surface area contributed by atoms with Gasteiger partial charge in [0.05, 0.1) is 12.1 Å². The molecule has 0 fully saturated rings. The smallest absolute Gasteiger partial charge is 0.271 e. The van der Waals surface area contributed by atoms with Crippen molar-refractivity contribution in [2.75, 3.05) is 6.54 Å². The monoisotopic (exact) mass is 522 g/mol. The molecule has 0 aliphatic heterocycles. The maximum Gasteiger partial charge on any atom is 0.271 e. The maximum absolute atomic E-state index is 13.8. The van der Waals surface area contributed by atoms with E-state index in [2.05, 4.69) is 39.7 Å². The number of benzene rings is 2. The number of amides is 1. The highest BCUT2D eigenvalue weighted by Crippen LogP contribution is 2.23. The predicted octanol–water partition coefficient (Wildman–Crippen LogP) is 4.54. The van der Waals surface area contributed by atoms with Gasteiger partial charge in [-0.2, -0.15) is 0 Å². The number of rotatable bonds is 11. The molecule has 37 heavy (non-hydrogen) atoms. The third kappa shape index (κ3) is 7.48. The lowest BCUT2D eigenvalue weighted by Crippen LogP contribution is -2.48. The summed E-state index contributed by atoms with van der Waals surface area (Å²) in [7, 11) is 0. The molecule has 0 spiro atoms. The molecule has 0 saturated heterocycles. The van der Waals surface area contributed by atoms with Crippen molar-refractivity contribution in [3.05, 3.63) is 106 Å². The molecule has 0 saturated carbocycles. The number of hydrogen-bond donors (Lipinski definition) is 3. The minimum Gasteiger partial charge on any atom is -0.390 e. The number of thiazole rings is 1. The van der Waals surface area contributed by atoms with Gasteiger partial charge in [0.1, 0.15) is 22.3 Å². The minimum absolute atomic E-state index is 0.0359. The van der Waals surface area contributed by atoms with Crippen molar-refractivity contribution < 1.29 is 18.7 Å². The van der Waals surface area contributed by atoms with Crippen LogP contribution in [0.4, 0.5) is 8.78 Å². The van der Waals surface area contributed by atoms with Gasteiger partial charge >= 0.3 is 0 Å². The number of halogens is 2. The van der Waals surface area contributed by atoms with Crippen LogP contribution in [0.5, 0.6) is 0 Å². The number of nitrogens with zero attached hydrogens (tertiary/aromatic N) is 2. The van der Waals surface area contributed by atoms with Gasteiger partial charge < -0.3 is 15.7 Å². The average molecular weight is 523 g/mol. The zero-order valence-electron chi connectivity index (χ0n) is 20.3. The van der Waals surface area contributed by atoms with Crippen molar-refractivity contribution in [3.8, 4) is 10.6 Å². The topological polar surface area (TPSA) is 87.1 Å². The molecule has 9 heteroatoms. The summed E-state index contributed by atoms with van der Waals surface area (Å²) in [5.74, 6) is -1.92. The Kier molecular flexibility index (Phi) is 9.05. The lowest BCUT2D eigenvalue weighted by Gasteiger charge is -2.24. The first-order chi connectivity index (χ1) is 17.9. The first kappa shape index (κ1) is 26.5. The third-order valence-electron chi connectivity index (χ3n) is 5.89. The molecular weight excluding hydrogens is 494 g/mol. The van der Waals surface area contributed by atoms with E-state index in [1.165, 1.54) is 29.0 Å². The Morgan fingerprint density at radius 2 is 1.84 bits per heavy atom. The maximum atomic E-state index is 13.8. The Morgan fingerprint density at radius 1 is 1.05 bits per heavy atom. The fraction of sp³-hybridized carbons (Fsp3) is 0.250. The number of aliphatic hydroxyl groups excluding tert-OH is 1. The molecule has 2 aromatic heterocycles. The fourth-order valence-corrected chi connectivity index (χ4v) is 4.77. The quantitative estimate of drug-likeness (QED) is 0.269. The van der Waals surface area contributed by atoms with E-state index in [0.29, 0.717) is 17.1 Å². The average Bonchev–Trinajstić information content (AvgIpc) is 3.39. The van der Waals surface area contributed by atoms with E-state index in [0.717, 1.165) is 23.6 Å². The number of aryl methyl sites for hydroxylation is 1. The molecule has 0 bridgehead atoms. The van der Waals surface area contributed by atoms with Crippen molar-refractivity contribution in [2.24, 2.45) is 0 Å². The van der Waals surface area contributed by atoms with Crippen LogP contribution >= 0.6 is 11.3 Å². The molecule has 2 heterocycles. The van der Waals surface area contributed by atoms with Crippen LogP contribution in [0.1, 0.15) is 34.1 Å². The van der Waals surface area contributed by atoms with E-state index in [1.54, 1.807) is 23.8 Å². The van der Waals surface area contributed by atoms with Gasteiger partial charge in [-0.05, 0) is 53.8 Å². The second-order valence-corrected chi connectivity index (χ2v) is 9.57. The van der Waals surface area contributed by atoms with Crippen molar-refractivity contribution in [1.29, 1.82) is 0 Å². The summed E-state index contributed by atoms with van der Waals surface area (Å²) in [6.07, 6.45) is 3.25. The van der Waals surface area contributed by atoms with Crippen LogP contribution < -0.4 is 10.6 Å². The predicted molar refractivity (Wildman–Crippen MR) is 140 cm³/mol. The Labute approximate surface area is 218 Å². The van der Waals surface area contributed by atoms with Gasteiger partial charge in [0.25, 0.3) is 5.91 Å². The zero-order valence-corrected chi connectivity index (χ0v) is 21.1. The Bertz CT molecular complexity index is 1310. The molecule has 4 aromatic rings. The normalized spacial score (nSPS) is 12.8. The van der Waals surface area contributed by atoms with Gasteiger partial charge in [0.2, 0.25) is 0 Å². The van der Waals surface area contributed by atoms with E-state index in [4.69, 9.17) is 0 Å². The van der Waals surface area contributed by atoms with Crippen LogP contribution in [-0.2, 0) is 19.4 Å². The van der Waals surface area contributed by atoms with Crippen molar-refractivity contribution in [2.45, 2.75) is 38.5 Å². The number of carbonyl (C=O) groups is 1. The molecule has 192 valence electrons. The summed E-state index contributed by atoms with van der Waals surface area (Å²) in [6, 6.07) is 14.1. The van der Waals surface area contributed by atoms with Crippen LogP contribution in [0.25, 0.3) is 10.6 Å². The molecule has 2 atom stereocenters. The number of hydrogen-bond acceptors (Lipinski definition) is 6. The highest BCUT2D eigenvalue weighted by Gasteiger charge is 2.24. The molecule has 2 aromatic carbocycles. The highest BCUT2D eigenvalue weighted by atomic mass is 32.1. The Hall–Kier alpha value is -3.53. The fourth-order valence-electron chi connectivity index (χ4n) is 3.97. The molecule has 3 N–H and O–H groups in total. The summed E-state index contributed by atoms with van der Waals surface area (Å²) in [5.41, 5.74) is 3.59. The highest BCUT2D eigenvalue weighted by molar-refractivity contribution is 7.13. The summed E-state index contributed by atoms with van der Waals surface area (Å²) in [4.78, 5) is 21.5. The zero-order chi connectivity index (χ0) is 26.2. The molecule has 6 nitrogen and oxygen atoms in total. The summed E-state index contributed by atoms with van der Waals surface area (Å²) >= 11 is 1.30. The molecule has 1 amide bonds. The van der Waals surface area contributed by atoms with Gasteiger partial charge in [0, 0.05) is 42.5 Å². The van der Waals surface area contributed by atoms with Gasteiger partial charge in [-0.3, -0.25) is 9.78 Å². The standard InChI is InChI=1S/C28H28F2N4O2S/c1-2-18-5-3-6-19(9-18)14-32-16-26(35)24(12-20-10-22(29)13-23(30)11-20)33-27(36)25-17-37-28(34-25)21-7-4-8-31-15-21/h3-11,13,15,17,24,26,32,35H,2,12,14,16H2,1H3,(H,33,36). The number of aromatic nitrogens is 2. The van der Waals surface area contributed by atoms with Gasteiger partial charge in [-0.15, -0.1) is 11.3 Å². The SMILES string of the molecule is CCc1cccc(CNCC(O)C(Cc2cc(F)cc(F)c2)NC(=O)c2csc(-c3cccnc3)n2)c1. The van der Waals surface area contributed by atoms with Crippen LogP contribution in [0.15, 0.2) is 72.4 Å². The van der Waals surface area contributed by atoms with E-state index in [1.807, 2.05) is 18.2 Å². The third-order valence-corrected chi connectivity index (χ3v) is 6.78. The van der Waals surface area contributed by atoms with Crippen LogP contribution in [0, 0.1) is 11.6 Å². The second-order valence-electron chi connectivity index (χ2n) is 8.71. The summed E-state index contributed by atoms with van der Waals surface area (Å²) in [6.45, 7) is 2.78. The summed E-state index contributed by atoms with van der Waals surface area (Å²) in [5, 5.41) is 19.3. The number of aliphatic hydroxyl groups is 1. The number of nitrogens with one attached hydrogen (secondary N) is 2. The van der Waals surface area contributed by atoms with Gasteiger partial charge in [-0.1, -0.05) is 31.2 Å².